The first kappa shape index (κ1) is 14.5. The molecule has 0 fully saturated rings. The molecule has 0 saturated carbocycles. The van der Waals surface area contributed by atoms with Crippen molar-refractivity contribution in [3.8, 4) is 17.2 Å². The van der Waals surface area contributed by atoms with Gasteiger partial charge in [-0.2, -0.15) is 0 Å². The van der Waals surface area contributed by atoms with Crippen LogP contribution in [0, 0.1) is 6.92 Å². The highest BCUT2D eigenvalue weighted by Gasteiger charge is 2.09. The number of nitrogens with one attached hydrogen (secondary N) is 1. The maximum atomic E-state index is 11.7. The summed E-state index contributed by atoms with van der Waals surface area (Å²) in [6.07, 6.45) is 0.604. The summed E-state index contributed by atoms with van der Waals surface area (Å²) in [6, 6.07) is 7.96. The zero-order valence-corrected chi connectivity index (χ0v) is 12.1. The van der Waals surface area contributed by atoms with E-state index in [1.54, 1.807) is 31.2 Å². The normalized spacial score (nSPS) is 10.5. The second-order valence-electron chi connectivity index (χ2n) is 4.66. The highest BCUT2D eigenvalue weighted by molar-refractivity contribution is 5.77. The van der Waals surface area contributed by atoms with Crippen molar-refractivity contribution in [3.05, 3.63) is 52.6 Å². The smallest absolute Gasteiger partial charge is 0.409 e. The van der Waals surface area contributed by atoms with Crippen LogP contribution in [0.2, 0.25) is 0 Å². The lowest BCUT2D eigenvalue weighted by molar-refractivity contribution is 0.211. The van der Waals surface area contributed by atoms with Gasteiger partial charge in [0, 0.05) is 18.3 Å². The van der Waals surface area contributed by atoms with Gasteiger partial charge in [0.25, 0.3) is 5.56 Å². The molecule has 1 amide bonds. The number of benzene rings is 1. The summed E-state index contributed by atoms with van der Waals surface area (Å²) in [5.41, 5.74) is 5.72. The molecule has 3 aromatic rings. The lowest BCUT2D eigenvalue weighted by Gasteiger charge is -2.09. The highest BCUT2D eigenvalue weighted by atomic mass is 16.5. The number of primary amides is 1. The van der Waals surface area contributed by atoms with Crippen molar-refractivity contribution in [1.82, 2.24) is 15.0 Å². The topological polar surface area (TPSA) is 120 Å². The number of ether oxygens (including phenoxy) is 2. The van der Waals surface area contributed by atoms with E-state index >= 15 is 0 Å². The Hall–Kier alpha value is -3.42. The van der Waals surface area contributed by atoms with Crippen molar-refractivity contribution in [2.24, 2.45) is 5.73 Å². The van der Waals surface area contributed by atoms with E-state index in [0.29, 0.717) is 28.4 Å². The molecule has 0 aliphatic carbocycles. The Balaban J connectivity index is 2.00. The molecule has 0 aliphatic heterocycles. The van der Waals surface area contributed by atoms with Gasteiger partial charge in [0.1, 0.15) is 22.7 Å². The molecular weight excluding hydrogens is 300 g/mol. The van der Waals surface area contributed by atoms with Crippen LogP contribution in [0.25, 0.3) is 11.2 Å². The van der Waals surface area contributed by atoms with Crippen LogP contribution in [-0.4, -0.2) is 21.0 Å². The number of hydrogen-bond donors (Lipinski definition) is 2. The van der Waals surface area contributed by atoms with Gasteiger partial charge in [-0.3, -0.25) is 4.79 Å². The van der Waals surface area contributed by atoms with E-state index in [1.807, 2.05) is 0 Å². The average Bonchev–Trinajstić information content (AvgIpc) is 2.49. The number of H-pyrrole nitrogens is 1. The number of carbonyl (C=O) groups is 1. The number of carbonyl (C=O) groups excluding carboxylic acids is 1. The molecule has 2 heterocycles. The molecule has 0 radical (unpaired) electrons. The van der Waals surface area contributed by atoms with Crippen LogP contribution in [0.4, 0.5) is 4.79 Å². The first-order chi connectivity index (χ1) is 11.0. The summed E-state index contributed by atoms with van der Waals surface area (Å²) in [5, 5.41) is 0. The number of nitrogens with two attached hydrogens (primary N) is 1. The highest BCUT2D eigenvalue weighted by Crippen LogP contribution is 2.28. The van der Waals surface area contributed by atoms with Gasteiger partial charge in [-0.25, -0.2) is 14.8 Å². The standard InChI is InChI=1S/C15H12N4O4/c1-8-14(20)19-12-11(5-6-17-13(12)18-8)22-9-3-2-4-10(7-9)23-15(16)21/h2-7H,1H3,(H2,16,21)(H,19,20). The summed E-state index contributed by atoms with van der Waals surface area (Å²) in [4.78, 5) is 33.4. The van der Waals surface area contributed by atoms with Crippen molar-refractivity contribution in [2.75, 3.05) is 0 Å². The van der Waals surface area contributed by atoms with Gasteiger partial charge < -0.3 is 20.2 Å². The van der Waals surface area contributed by atoms with Gasteiger partial charge in [-0.1, -0.05) is 6.07 Å². The minimum absolute atomic E-state index is 0.246. The Bertz CT molecular complexity index is 952. The largest absolute Gasteiger partial charge is 0.455 e. The van der Waals surface area contributed by atoms with E-state index in [1.165, 1.54) is 12.3 Å². The number of aryl methyl sites for hydroxylation is 1. The summed E-state index contributed by atoms with van der Waals surface area (Å²) < 4.78 is 10.5. The third-order valence-electron chi connectivity index (χ3n) is 2.99. The lowest BCUT2D eigenvalue weighted by atomic mass is 10.3. The maximum absolute atomic E-state index is 11.7. The number of fused-ring (bicyclic) bond motifs is 1. The van der Waals surface area contributed by atoms with Crippen LogP contribution in [0.3, 0.4) is 0 Å². The minimum Gasteiger partial charge on any atom is -0.455 e. The van der Waals surface area contributed by atoms with Crippen LogP contribution in [0.5, 0.6) is 17.2 Å². The zero-order valence-electron chi connectivity index (χ0n) is 12.1. The molecule has 0 saturated heterocycles. The summed E-state index contributed by atoms with van der Waals surface area (Å²) in [7, 11) is 0. The summed E-state index contributed by atoms with van der Waals surface area (Å²) in [6.45, 7) is 1.60. The van der Waals surface area contributed by atoms with Crippen LogP contribution in [0.1, 0.15) is 5.69 Å². The van der Waals surface area contributed by atoms with E-state index in [0.717, 1.165) is 0 Å². The molecule has 3 N–H and O–H groups in total. The third kappa shape index (κ3) is 3.10. The number of aromatic nitrogens is 3. The first-order valence-corrected chi connectivity index (χ1v) is 6.64. The molecule has 0 aliphatic rings. The molecule has 0 atom stereocenters. The molecular formula is C15H12N4O4. The monoisotopic (exact) mass is 312 g/mol. The number of amides is 1. The van der Waals surface area contributed by atoms with Crippen LogP contribution in [0.15, 0.2) is 41.3 Å². The minimum atomic E-state index is -0.916. The molecule has 1 aromatic carbocycles. The van der Waals surface area contributed by atoms with E-state index in [9.17, 15) is 9.59 Å². The number of nitrogens with zero attached hydrogens (tertiary/aromatic N) is 2. The molecule has 116 valence electrons. The van der Waals surface area contributed by atoms with Crippen molar-refractivity contribution in [1.29, 1.82) is 0 Å². The average molecular weight is 312 g/mol. The molecule has 0 unspecified atom stereocenters. The van der Waals surface area contributed by atoms with Gasteiger partial charge >= 0.3 is 6.09 Å². The molecule has 8 heteroatoms. The second kappa shape index (κ2) is 5.76. The SMILES string of the molecule is Cc1nc2nccc(Oc3cccc(OC(N)=O)c3)c2[nH]c1=O. The third-order valence-corrected chi connectivity index (χ3v) is 2.99. The zero-order chi connectivity index (χ0) is 16.4. The van der Waals surface area contributed by atoms with E-state index in [2.05, 4.69) is 15.0 Å². The number of rotatable bonds is 3. The lowest BCUT2D eigenvalue weighted by Crippen LogP contribution is -2.16. The summed E-state index contributed by atoms with van der Waals surface area (Å²) in [5.74, 6) is 1.02. The van der Waals surface area contributed by atoms with Gasteiger partial charge in [0.2, 0.25) is 0 Å². The fourth-order valence-electron chi connectivity index (χ4n) is 1.98. The Labute approximate surface area is 129 Å². The van der Waals surface area contributed by atoms with E-state index in [-0.39, 0.29) is 11.3 Å². The molecule has 0 bridgehead atoms. The van der Waals surface area contributed by atoms with E-state index < -0.39 is 6.09 Å². The van der Waals surface area contributed by atoms with Crippen molar-refractivity contribution >= 4 is 17.3 Å². The van der Waals surface area contributed by atoms with Crippen LogP contribution < -0.4 is 20.8 Å². The van der Waals surface area contributed by atoms with Gasteiger partial charge in [0.15, 0.2) is 11.4 Å². The Morgan fingerprint density at radius 3 is 2.83 bits per heavy atom. The van der Waals surface area contributed by atoms with Crippen LogP contribution in [-0.2, 0) is 0 Å². The van der Waals surface area contributed by atoms with Gasteiger partial charge in [-0.15, -0.1) is 0 Å². The quantitative estimate of drug-likeness (QED) is 0.761. The molecule has 3 rings (SSSR count). The Morgan fingerprint density at radius 1 is 1.26 bits per heavy atom. The van der Waals surface area contributed by atoms with Gasteiger partial charge in [-0.05, 0) is 19.1 Å². The van der Waals surface area contributed by atoms with Crippen molar-refractivity contribution < 1.29 is 14.3 Å². The van der Waals surface area contributed by atoms with Crippen molar-refractivity contribution in [2.45, 2.75) is 6.92 Å². The molecule has 8 nitrogen and oxygen atoms in total. The predicted octanol–water partition coefficient (Wildman–Crippen LogP) is 1.88. The van der Waals surface area contributed by atoms with Crippen molar-refractivity contribution in [3.63, 3.8) is 0 Å². The number of aromatic amines is 1. The second-order valence-corrected chi connectivity index (χ2v) is 4.66. The fraction of sp³-hybridized carbons (Fsp3) is 0.0667. The first-order valence-electron chi connectivity index (χ1n) is 6.64. The molecule has 23 heavy (non-hydrogen) atoms. The fourth-order valence-corrected chi connectivity index (χ4v) is 1.98. The predicted molar refractivity (Wildman–Crippen MR) is 81.6 cm³/mol. The molecule has 2 aromatic heterocycles. The Kier molecular flexibility index (Phi) is 3.63. The number of pyridine rings is 1. The van der Waals surface area contributed by atoms with Crippen LogP contribution >= 0.6 is 0 Å². The van der Waals surface area contributed by atoms with Gasteiger partial charge in [0.05, 0.1) is 0 Å². The molecule has 0 spiro atoms. The number of hydrogen-bond acceptors (Lipinski definition) is 6. The van der Waals surface area contributed by atoms with E-state index in [4.69, 9.17) is 15.2 Å². The summed E-state index contributed by atoms with van der Waals surface area (Å²) >= 11 is 0. The Morgan fingerprint density at radius 2 is 2.04 bits per heavy atom. The maximum Gasteiger partial charge on any atom is 0.409 e.